The third-order valence-corrected chi connectivity index (χ3v) is 3.88. The SMILES string of the molecule is CCCCOc1ccc(CNC(=O)C2CCNC2)cc1OC.Cl. The second-order valence-corrected chi connectivity index (χ2v) is 5.59. The number of benzene rings is 1. The largest absolute Gasteiger partial charge is 0.493 e. The van der Waals surface area contributed by atoms with Crippen LogP contribution >= 0.6 is 12.4 Å². The van der Waals surface area contributed by atoms with Crippen molar-refractivity contribution in [2.45, 2.75) is 32.7 Å². The number of rotatable bonds is 8. The summed E-state index contributed by atoms with van der Waals surface area (Å²) >= 11 is 0. The summed E-state index contributed by atoms with van der Waals surface area (Å²) in [4.78, 5) is 12.0. The monoisotopic (exact) mass is 342 g/mol. The fourth-order valence-electron chi connectivity index (χ4n) is 2.48. The molecule has 0 saturated carbocycles. The number of carbonyl (C=O) groups excluding carboxylic acids is 1. The van der Waals surface area contributed by atoms with Crippen LogP contribution in [0.4, 0.5) is 0 Å². The normalized spacial score (nSPS) is 16.5. The molecule has 1 fully saturated rings. The Balaban J connectivity index is 0.00000264. The molecule has 23 heavy (non-hydrogen) atoms. The van der Waals surface area contributed by atoms with E-state index >= 15 is 0 Å². The Bertz CT molecular complexity index is 491. The number of ether oxygens (including phenoxy) is 2. The van der Waals surface area contributed by atoms with E-state index in [1.807, 2.05) is 18.2 Å². The number of hydrogen-bond donors (Lipinski definition) is 2. The Morgan fingerprint density at radius 2 is 2.22 bits per heavy atom. The molecule has 1 heterocycles. The molecule has 5 nitrogen and oxygen atoms in total. The third kappa shape index (κ3) is 5.92. The molecule has 6 heteroatoms. The van der Waals surface area contributed by atoms with Crippen molar-refractivity contribution in [3.8, 4) is 11.5 Å². The van der Waals surface area contributed by atoms with E-state index in [1.165, 1.54) is 0 Å². The van der Waals surface area contributed by atoms with Crippen LogP contribution < -0.4 is 20.1 Å². The van der Waals surface area contributed by atoms with Crippen LogP contribution in [0.25, 0.3) is 0 Å². The summed E-state index contributed by atoms with van der Waals surface area (Å²) in [6, 6.07) is 5.80. The van der Waals surface area contributed by atoms with Gasteiger partial charge in [-0.25, -0.2) is 0 Å². The second kappa shape index (κ2) is 10.3. The molecular formula is C17H27ClN2O3. The zero-order chi connectivity index (χ0) is 15.8. The van der Waals surface area contributed by atoms with Gasteiger partial charge in [0.05, 0.1) is 19.6 Å². The van der Waals surface area contributed by atoms with Crippen LogP contribution in [0.15, 0.2) is 18.2 Å². The molecule has 0 aromatic heterocycles. The second-order valence-electron chi connectivity index (χ2n) is 5.59. The van der Waals surface area contributed by atoms with Crippen LogP contribution in [0, 0.1) is 5.92 Å². The van der Waals surface area contributed by atoms with Crippen LogP contribution in [0.1, 0.15) is 31.7 Å². The van der Waals surface area contributed by atoms with E-state index in [2.05, 4.69) is 17.6 Å². The van der Waals surface area contributed by atoms with Crippen LogP contribution in [-0.2, 0) is 11.3 Å². The molecule has 1 saturated heterocycles. The molecule has 1 unspecified atom stereocenters. The number of methoxy groups -OCH3 is 1. The Morgan fingerprint density at radius 1 is 1.39 bits per heavy atom. The predicted molar refractivity (Wildman–Crippen MR) is 93.5 cm³/mol. The van der Waals surface area contributed by atoms with E-state index in [-0.39, 0.29) is 24.2 Å². The van der Waals surface area contributed by atoms with E-state index in [4.69, 9.17) is 9.47 Å². The number of halogens is 1. The summed E-state index contributed by atoms with van der Waals surface area (Å²) in [5, 5.41) is 6.19. The first kappa shape index (κ1) is 19.6. The first-order chi connectivity index (χ1) is 10.7. The van der Waals surface area contributed by atoms with Crippen LogP contribution in [0.5, 0.6) is 11.5 Å². The van der Waals surface area contributed by atoms with Crippen molar-refractivity contribution in [2.75, 3.05) is 26.8 Å². The van der Waals surface area contributed by atoms with E-state index in [0.717, 1.165) is 43.7 Å². The van der Waals surface area contributed by atoms with Gasteiger partial charge in [-0.3, -0.25) is 4.79 Å². The Kier molecular flexibility index (Phi) is 8.81. The lowest BCUT2D eigenvalue weighted by Crippen LogP contribution is -2.31. The van der Waals surface area contributed by atoms with Gasteiger partial charge in [0.25, 0.3) is 0 Å². The third-order valence-electron chi connectivity index (χ3n) is 3.88. The predicted octanol–water partition coefficient (Wildman–Crippen LogP) is 2.52. The highest BCUT2D eigenvalue weighted by Gasteiger charge is 2.21. The topological polar surface area (TPSA) is 59.6 Å². The minimum Gasteiger partial charge on any atom is -0.493 e. The van der Waals surface area contributed by atoms with Gasteiger partial charge in [0.1, 0.15) is 0 Å². The first-order valence-electron chi connectivity index (χ1n) is 8.02. The zero-order valence-electron chi connectivity index (χ0n) is 13.9. The van der Waals surface area contributed by atoms with Crippen molar-refractivity contribution in [3.63, 3.8) is 0 Å². The van der Waals surface area contributed by atoms with E-state index in [0.29, 0.717) is 18.9 Å². The Hall–Kier alpha value is -1.46. The van der Waals surface area contributed by atoms with Gasteiger partial charge in [0, 0.05) is 13.1 Å². The molecular weight excluding hydrogens is 316 g/mol. The molecule has 2 rings (SSSR count). The minimum atomic E-state index is 0. The summed E-state index contributed by atoms with van der Waals surface area (Å²) in [6.07, 6.45) is 3.04. The maximum Gasteiger partial charge on any atom is 0.224 e. The number of unbranched alkanes of at least 4 members (excludes halogenated alkanes) is 1. The molecule has 130 valence electrons. The van der Waals surface area contributed by atoms with Crippen molar-refractivity contribution < 1.29 is 14.3 Å². The van der Waals surface area contributed by atoms with Crippen molar-refractivity contribution in [1.29, 1.82) is 0 Å². The molecule has 1 amide bonds. The summed E-state index contributed by atoms with van der Waals surface area (Å²) in [7, 11) is 1.63. The molecule has 0 aliphatic carbocycles. The Labute approximate surface area is 144 Å². The molecule has 0 bridgehead atoms. The molecule has 1 aliphatic heterocycles. The molecule has 0 radical (unpaired) electrons. The van der Waals surface area contributed by atoms with Gasteiger partial charge < -0.3 is 20.1 Å². The molecule has 1 aliphatic rings. The van der Waals surface area contributed by atoms with Crippen molar-refractivity contribution in [1.82, 2.24) is 10.6 Å². The van der Waals surface area contributed by atoms with E-state index in [1.54, 1.807) is 7.11 Å². The summed E-state index contributed by atoms with van der Waals surface area (Å²) in [6.45, 7) is 5.04. The molecule has 2 N–H and O–H groups in total. The summed E-state index contributed by atoms with van der Waals surface area (Å²) < 4.78 is 11.1. The standard InChI is InChI=1S/C17H26N2O3.ClH/c1-3-4-9-22-15-6-5-13(10-16(15)21-2)11-19-17(20)14-7-8-18-12-14;/h5-6,10,14,18H,3-4,7-9,11-12H2,1-2H3,(H,19,20);1H. The molecule has 0 spiro atoms. The molecule has 1 aromatic rings. The van der Waals surface area contributed by atoms with Crippen LogP contribution in [-0.4, -0.2) is 32.7 Å². The highest BCUT2D eigenvalue weighted by Crippen LogP contribution is 2.28. The number of amides is 1. The smallest absolute Gasteiger partial charge is 0.224 e. The van der Waals surface area contributed by atoms with E-state index < -0.39 is 0 Å². The highest BCUT2D eigenvalue weighted by atomic mass is 35.5. The fourth-order valence-corrected chi connectivity index (χ4v) is 2.48. The average molecular weight is 343 g/mol. The van der Waals surface area contributed by atoms with Crippen molar-refractivity contribution in [3.05, 3.63) is 23.8 Å². The molecule has 1 atom stereocenters. The number of hydrogen-bond acceptors (Lipinski definition) is 4. The highest BCUT2D eigenvalue weighted by molar-refractivity contribution is 5.85. The van der Waals surface area contributed by atoms with E-state index in [9.17, 15) is 4.79 Å². The van der Waals surface area contributed by atoms with Crippen molar-refractivity contribution >= 4 is 18.3 Å². The van der Waals surface area contributed by atoms with Crippen LogP contribution in [0.2, 0.25) is 0 Å². The van der Waals surface area contributed by atoms with Gasteiger partial charge in [-0.05, 0) is 37.1 Å². The maximum atomic E-state index is 12.0. The lowest BCUT2D eigenvalue weighted by atomic mass is 10.1. The number of carbonyl (C=O) groups is 1. The average Bonchev–Trinajstić information content (AvgIpc) is 3.08. The van der Waals surface area contributed by atoms with Crippen LogP contribution in [0.3, 0.4) is 0 Å². The van der Waals surface area contributed by atoms with Crippen molar-refractivity contribution in [2.24, 2.45) is 5.92 Å². The quantitative estimate of drug-likeness (QED) is 0.713. The van der Waals surface area contributed by atoms with Gasteiger partial charge in [-0.2, -0.15) is 0 Å². The van der Waals surface area contributed by atoms with Gasteiger partial charge in [0.2, 0.25) is 5.91 Å². The van der Waals surface area contributed by atoms with Gasteiger partial charge in [-0.1, -0.05) is 19.4 Å². The number of nitrogens with one attached hydrogen (secondary N) is 2. The minimum absolute atomic E-state index is 0. The summed E-state index contributed by atoms with van der Waals surface area (Å²) in [5.41, 5.74) is 1.01. The fraction of sp³-hybridized carbons (Fsp3) is 0.588. The molecule has 1 aromatic carbocycles. The summed E-state index contributed by atoms with van der Waals surface area (Å²) in [5.74, 6) is 1.68. The van der Waals surface area contributed by atoms with Gasteiger partial charge >= 0.3 is 0 Å². The zero-order valence-corrected chi connectivity index (χ0v) is 14.7. The maximum absolute atomic E-state index is 12.0. The van der Waals surface area contributed by atoms with Gasteiger partial charge in [0.15, 0.2) is 11.5 Å². The first-order valence-corrected chi connectivity index (χ1v) is 8.02. The lowest BCUT2D eigenvalue weighted by molar-refractivity contribution is -0.124. The Morgan fingerprint density at radius 3 is 2.87 bits per heavy atom. The van der Waals surface area contributed by atoms with Gasteiger partial charge in [-0.15, -0.1) is 12.4 Å². The lowest BCUT2D eigenvalue weighted by Gasteiger charge is -2.13.